The first-order valence-corrected chi connectivity index (χ1v) is 4.54. The van der Waals surface area contributed by atoms with Gasteiger partial charge >= 0.3 is 0 Å². The Kier molecular flexibility index (Phi) is 4.01. The predicted molar refractivity (Wildman–Crippen MR) is 48.0 cm³/mol. The molecule has 0 amide bonds. The van der Waals surface area contributed by atoms with Gasteiger partial charge in [-0.1, -0.05) is 6.08 Å². The van der Waals surface area contributed by atoms with Gasteiger partial charge < -0.3 is 9.53 Å². The van der Waals surface area contributed by atoms with E-state index in [0.29, 0.717) is 12.7 Å². The molecule has 0 atom stereocenters. The van der Waals surface area contributed by atoms with Crippen LogP contribution in [0.15, 0.2) is 12.7 Å². The molecule has 1 saturated carbocycles. The molecule has 68 valence electrons. The third-order valence-corrected chi connectivity index (χ3v) is 2.36. The maximum Gasteiger partial charge on any atom is 0.123 e. The van der Waals surface area contributed by atoms with Crippen LogP contribution in [0.1, 0.15) is 25.7 Å². The van der Waals surface area contributed by atoms with Crippen molar-refractivity contribution in [2.45, 2.75) is 31.8 Å². The van der Waals surface area contributed by atoms with Crippen LogP contribution in [0.25, 0.3) is 0 Å². The van der Waals surface area contributed by atoms with Crippen LogP contribution in [0, 0.1) is 5.92 Å². The van der Waals surface area contributed by atoms with Gasteiger partial charge in [0.1, 0.15) is 6.29 Å². The molecule has 2 heteroatoms. The molecule has 12 heavy (non-hydrogen) atoms. The summed E-state index contributed by atoms with van der Waals surface area (Å²) in [7, 11) is 0. The summed E-state index contributed by atoms with van der Waals surface area (Å²) < 4.78 is 5.49. The topological polar surface area (TPSA) is 26.3 Å². The van der Waals surface area contributed by atoms with Crippen molar-refractivity contribution in [1.82, 2.24) is 0 Å². The van der Waals surface area contributed by atoms with Crippen molar-refractivity contribution in [1.29, 1.82) is 0 Å². The number of carbonyl (C=O) groups excluding carboxylic acids is 1. The Labute approximate surface area is 73.6 Å². The molecule has 0 saturated heterocycles. The van der Waals surface area contributed by atoms with Crippen molar-refractivity contribution >= 4 is 6.29 Å². The van der Waals surface area contributed by atoms with Crippen LogP contribution in [-0.2, 0) is 9.53 Å². The van der Waals surface area contributed by atoms with E-state index in [9.17, 15) is 4.79 Å². The Morgan fingerprint density at radius 1 is 1.33 bits per heavy atom. The van der Waals surface area contributed by atoms with Crippen LogP contribution in [0.2, 0.25) is 0 Å². The highest BCUT2D eigenvalue weighted by atomic mass is 16.5. The van der Waals surface area contributed by atoms with E-state index in [2.05, 4.69) is 6.58 Å². The smallest absolute Gasteiger partial charge is 0.123 e. The van der Waals surface area contributed by atoms with Crippen LogP contribution in [-0.4, -0.2) is 19.0 Å². The van der Waals surface area contributed by atoms with E-state index in [1.807, 2.05) is 0 Å². The third kappa shape index (κ3) is 2.78. The van der Waals surface area contributed by atoms with Crippen LogP contribution >= 0.6 is 0 Å². The van der Waals surface area contributed by atoms with E-state index in [-0.39, 0.29) is 5.92 Å². The summed E-state index contributed by atoms with van der Waals surface area (Å²) in [5.41, 5.74) is 0. The maximum atomic E-state index is 10.4. The lowest BCUT2D eigenvalue weighted by atomic mass is 9.88. The lowest BCUT2D eigenvalue weighted by Gasteiger charge is -2.24. The van der Waals surface area contributed by atoms with Gasteiger partial charge in [0.2, 0.25) is 0 Å². The monoisotopic (exact) mass is 168 g/mol. The average molecular weight is 168 g/mol. The van der Waals surface area contributed by atoms with Crippen LogP contribution < -0.4 is 0 Å². The first-order chi connectivity index (χ1) is 5.86. The van der Waals surface area contributed by atoms with Crippen molar-refractivity contribution in [2.75, 3.05) is 6.61 Å². The minimum Gasteiger partial charge on any atom is -0.374 e. The summed E-state index contributed by atoms with van der Waals surface area (Å²) in [6.45, 7) is 4.23. The van der Waals surface area contributed by atoms with Gasteiger partial charge in [0, 0.05) is 5.92 Å². The summed E-state index contributed by atoms with van der Waals surface area (Å²) in [6, 6.07) is 0. The van der Waals surface area contributed by atoms with Crippen molar-refractivity contribution < 1.29 is 9.53 Å². The number of hydrogen-bond acceptors (Lipinski definition) is 2. The Bertz CT molecular complexity index is 146. The normalized spacial score (nSPS) is 29.7. The lowest BCUT2D eigenvalue weighted by molar-refractivity contribution is -0.112. The quantitative estimate of drug-likeness (QED) is 0.473. The fourth-order valence-electron chi connectivity index (χ4n) is 1.60. The number of rotatable bonds is 4. The molecule has 0 aromatic heterocycles. The largest absolute Gasteiger partial charge is 0.374 e. The van der Waals surface area contributed by atoms with Crippen molar-refractivity contribution in [3.63, 3.8) is 0 Å². The predicted octanol–water partition coefficient (Wildman–Crippen LogP) is 1.95. The Morgan fingerprint density at radius 3 is 2.50 bits per heavy atom. The minimum atomic E-state index is 0.286. The summed E-state index contributed by atoms with van der Waals surface area (Å²) in [5.74, 6) is 0.286. The summed E-state index contributed by atoms with van der Waals surface area (Å²) in [5, 5.41) is 0. The van der Waals surface area contributed by atoms with Gasteiger partial charge in [-0.2, -0.15) is 0 Å². The van der Waals surface area contributed by atoms with E-state index >= 15 is 0 Å². The van der Waals surface area contributed by atoms with Gasteiger partial charge in [-0.15, -0.1) is 6.58 Å². The molecule has 1 fully saturated rings. The third-order valence-electron chi connectivity index (χ3n) is 2.36. The van der Waals surface area contributed by atoms with Crippen molar-refractivity contribution in [3.05, 3.63) is 12.7 Å². The number of aldehydes is 1. The molecule has 0 bridgehead atoms. The maximum absolute atomic E-state index is 10.4. The van der Waals surface area contributed by atoms with Gasteiger partial charge in [-0.3, -0.25) is 0 Å². The fourth-order valence-corrected chi connectivity index (χ4v) is 1.60. The van der Waals surface area contributed by atoms with Gasteiger partial charge in [-0.05, 0) is 25.7 Å². The molecule has 2 nitrogen and oxygen atoms in total. The van der Waals surface area contributed by atoms with Gasteiger partial charge in [0.25, 0.3) is 0 Å². The van der Waals surface area contributed by atoms with E-state index < -0.39 is 0 Å². The molecule has 0 heterocycles. The number of hydrogen-bond donors (Lipinski definition) is 0. The summed E-state index contributed by atoms with van der Waals surface area (Å²) >= 11 is 0. The van der Waals surface area contributed by atoms with Crippen molar-refractivity contribution in [3.8, 4) is 0 Å². The molecule has 1 rings (SSSR count). The Hall–Kier alpha value is -0.630. The molecule has 0 aromatic rings. The Balaban J connectivity index is 2.16. The second-order valence-electron chi connectivity index (χ2n) is 3.29. The van der Waals surface area contributed by atoms with E-state index in [4.69, 9.17) is 4.74 Å². The second kappa shape index (κ2) is 5.09. The van der Waals surface area contributed by atoms with Crippen LogP contribution in [0.5, 0.6) is 0 Å². The molecule has 0 radical (unpaired) electrons. The van der Waals surface area contributed by atoms with Gasteiger partial charge in [-0.25, -0.2) is 0 Å². The zero-order valence-electron chi connectivity index (χ0n) is 7.37. The fraction of sp³-hybridized carbons (Fsp3) is 0.700. The van der Waals surface area contributed by atoms with E-state index in [1.165, 1.54) is 0 Å². The molecule has 1 aliphatic carbocycles. The molecule has 1 aliphatic rings. The summed E-state index contributed by atoms with van der Waals surface area (Å²) in [6.07, 6.45) is 7.24. The zero-order chi connectivity index (χ0) is 8.81. The molecule has 0 N–H and O–H groups in total. The minimum absolute atomic E-state index is 0.286. The first-order valence-electron chi connectivity index (χ1n) is 4.54. The number of carbonyl (C=O) groups is 1. The highest BCUT2D eigenvalue weighted by molar-refractivity contribution is 5.53. The molecular weight excluding hydrogens is 152 g/mol. The van der Waals surface area contributed by atoms with Crippen LogP contribution in [0.4, 0.5) is 0 Å². The number of ether oxygens (including phenoxy) is 1. The van der Waals surface area contributed by atoms with E-state index in [1.54, 1.807) is 6.08 Å². The highest BCUT2D eigenvalue weighted by Crippen LogP contribution is 2.24. The standard InChI is InChI=1S/C10H16O2/c1-2-7-12-10-5-3-9(8-11)4-6-10/h2,8-10H,1,3-7H2. The van der Waals surface area contributed by atoms with Gasteiger partial charge in [0.05, 0.1) is 12.7 Å². The van der Waals surface area contributed by atoms with Crippen molar-refractivity contribution in [2.24, 2.45) is 5.92 Å². The highest BCUT2D eigenvalue weighted by Gasteiger charge is 2.20. The lowest BCUT2D eigenvalue weighted by Crippen LogP contribution is -2.22. The van der Waals surface area contributed by atoms with E-state index in [0.717, 1.165) is 32.0 Å². The van der Waals surface area contributed by atoms with Crippen LogP contribution in [0.3, 0.4) is 0 Å². The first kappa shape index (κ1) is 9.46. The SMILES string of the molecule is C=CCOC1CCC(C=O)CC1. The zero-order valence-corrected chi connectivity index (χ0v) is 7.37. The molecular formula is C10H16O2. The molecule has 0 spiro atoms. The molecule has 0 aromatic carbocycles. The molecule has 0 unspecified atom stereocenters. The Morgan fingerprint density at radius 2 is 2.00 bits per heavy atom. The molecule has 0 aliphatic heterocycles. The van der Waals surface area contributed by atoms with Gasteiger partial charge in [0.15, 0.2) is 0 Å². The average Bonchev–Trinajstić information content (AvgIpc) is 2.15. The second-order valence-corrected chi connectivity index (χ2v) is 3.29. The summed E-state index contributed by atoms with van der Waals surface area (Å²) in [4.78, 5) is 10.4.